The fraction of sp³-hybridized carbons (Fsp3) is 0.474. The van der Waals surface area contributed by atoms with Gasteiger partial charge in [0.25, 0.3) is 0 Å². The third-order valence-electron chi connectivity index (χ3n) is 4.80. The first-order chi connectivity index (χ1) is 11.7. The van der Waals surface area contributed by atoms with Gasteiger partial charge in [-0.15, -0.1) is 10.2 Å². The average molecular weight is 324 g/mol. The number of aromatic nitrogens is 3. The molecule has 0 saturated heterocycles. The molecule has 2 aromatic heterocycles. The lowest BCUT2D eigenvalue weighted by Crippen LogP contribution is -2.30. The molecule has 1 aliphatic rings. The van der Waals surface area contributed by atoms with Gasteiger partial charge in [-0.2, -0.15) is 0 Å². The third kappa shape index (κ3) is 2.96. The van der Waals surface area contributed by atoms with Gasteiger partial charge in [-0.1, -0.05) is 32.0 Å². The Kier molecular flexibility index (Phi) is 4.10. The molecule has 5 heteroatoms. The lowest BCUT2D eigenvalue weighted by Gasteiger charge is -2.25. The van der Waals surface area contributed by atoms with Gasteiger partial charge in [-0.25, -0.2) is 0 Å². The van der Waals surface area contributed by atoms with Crippen LogP contribution in [0, 0.1) is 5.92 Å². The molecule has 24 heavy (non-hydrogen) atoms. The molecule has 0 saturated carbocycles. The number of nitrogens with one attached hydrogen (secondary N) is 1. The summed E-state index contributed by atoms with van der Waals surface area (Å²) in [6, 6.07) is 10.3. The number of rotatable bonds is 5. The maximum atomic E-state index is 5.86. The Morgan fingerprint density at radius 2 is 2.17 bits per heavy atom. The van der Waals surface area contributed by atoms with Gasteiger partial charge in [-0.3, -0.25) is 0 Å². The highest BCUT2D eigenvalue weighted by molar-refractivity contribution is 5.77. The highest BCUT2D eigenvalue weighted by Gasteiger charge is 2.23. The lowest BCUT2D eigenvalue weighted by atomic mass is 9.98. The van der Waals surface area contributed by atoms with E-state index in [4.69, 9.17) is 4.42 Å². The summed E-state index contributed by atoms with van der Waals surface area (Å²) in [6.07, 6.45) is 2.19. The maximum absolute atomic E-state index is 5.86. The molecule has 1 aliphatic heterocycles. The molecule has 5 nitrogen and oxygen atoms in total. The molecule has 0 amide bonds. The summed E-state index contributed by atoms with van der Waals surface area (Å²) in [5, 5.41) is 13.4. The van der Waals surface area contributed by atoms with Crippen molar-refractivity contribution in [1.29, 1.82) is 0 Å². The summed E-state index contributed by atoms with van der Waals surface area (Å²) in [6.45, 7) is 7.15. The number of aryl methyl sites for hydroxylation is 1. The van der Waals surface area contributed by atoms with Crippen LogP contribution in [0.3, 0.4) is 0 Å². The maximum Gasteiger partial charge on any atom is 0.135 e. The second-order valence-electron chi connectivity index (χ2n) is 7.03. The predicted molar refractivity (Wildman–Crippen MR) is 93.8 cm³/mol. The normalized spacial score (nSPS) is 17.5. The van der Waals surface area contributed by atoms with Gasteiger partial charge >= 0.3 is 0 Å². The van der Waals surface area contributed by atoms with Crippen molar-refractivity contribution in [3.63, 3.8) is 0 Å². The van der Waals surface area contributed by atoms with Crippen molar-refractivity contribution < 1.29 is 4.42 Å². The minimum absolute atomic E-state index is 0.425. The highest BCUT2D eigenvalue weighted by atomic mass is 16.3. The van der Waals surface area contributed by atoms with Gasteiger partial charge in [0.1, 0.15) is 23.0 Å². The number of nitrogens with zero attached hydrogens (tertiary/aromatic N) is 3. The second-order valence-corrected chi connectivity index (χ2v) is 7.03. The molecule has 126 valence electrons. The molecule has 0 aliphatic carbocycles. The molecule has 0 unspecified atom stereocenters. The smallest absolute Gasteiger partial charge is 0.135 e. The highest BCUT2D eigenvalue weighted by Crippen LogP contribution is 2.23. The Balaban J connectivity index is 1.35. The van der Waals surface area contributed by atoms with E-state index in [2.05, 4.69) is 46.1 Å². The standard InChI is InChI=1S/C19H24N4O/c1-13(2)19-22-21-18-8-7-14(12-23(18)19)10-20-11-16-9-15-5-3-4-6-17(15)24-16/h3-6,9,13-14,20H,7-8,10-12H2,1-2H3/t14-/m0/s1. The number of fused-ring (bicyclic) bond motifs is 2. The zero-order valence-electron chi connectivity index (χ0n) is 14.3. The van der Waals surface area contributed by atoms with E-state index in [9.17, 15) is 0 Å². The fourth-order valence-corrected chi connectivity index (χ4v) is 3.53. The van der Waals surface area contributed by atoms with Gasteiger partial charge in [0.15, 0.2) is 0 Å². The van der Waals surface area contributed by atoms with Crippen LogP contribution in [0.2, 0.25) is 0 Å². The number of benzene rings is 1. The van der Waals surface area contributed by atoms with E-state index in [-0.39, 0.29) is 0 Å². The van der Waals surface area contributed by atoms with Crippen molar-refractivity contribution in [2.75, 3.05) is 6.54 Å². The van der Waals surface area contributed by atoms with Crippen molar-refractivity contribution in [3.05, 3.63) is 47.7 Å². The van der Waals surface area contributed by atoms with Crippen LogP contribution in [-0.4, -0.2) is 21.3 Å². The Morgan fingerprint density at radius 1 is 1.29 bits per heavy atom. The van der Waals surface area contributed by atoms with Gasteiger partial charge in [0, 0.05) is 30.8 Å². The quantitative estimate of drug-likeness (QED) is 0.780. The van der Waals surface area contributed by atoms with E-state index < -0.39 is 0 Å². The Morgan fingerprint density at radius 3 is 3.00 bits per heavy atom. The summed E-state index contributed by atoms with van der Waals surface area (Å²) in [4.78, 5) is 0. The Labute approximate surface area is 142 Å². The van der Waals surface area contributed by atoms with E-state index in [0.29, 0.717) is 11.8 Å². The minimum Gasteiger partial charge on any atom is -0.460 e. The zero-order valence-corrected chi connectivity index (χ0v) is 14.3. The summed E-state index contributed by atoms with van der Waals surface area (Å²) in [7, 11) is 0. The van der Waals surface area contributed by atoms with Crippen LogP contribution in [0.4, 0.5) is 0 Å². The van der Waals surface area contributed by atoms with E-state index in [1.54, 1.807) is 0 Å². The zero-order chi connectivity index (χ0) is 16.5. The molecule has 0 spiro atoms. The average Bonchev–Trinajstić information content (AvgIpc) is 3.17. The minimum atomic E-state index is 0.425. The van der Waals surface area contributed by atoms with Crippen LogP contribution in [0.25, 0.3) is 11.0 Å². The van der Waals surface area contributed by atoms with E-state index >= 15 is 0 Å². The molecule has 1 atom stereocenters. The van der Waals surface area contributed by atoms with Crippen molar-refractivity contribution in [1.82, 2.24) is 20.1 Å². The molecule has 3 heterocycles. The lowest BCUT2D eigenvalue weighted by molar-refractivity contribution is 0.335. The molecule has 0 radical (unpaired) electrons. The number of furan rings is 1. The summed E-state index contributed by atoms with van der Waals surface area (Å²) >= 11 is 0. The molecular weight excluding hydrogens is 300 g/mol. The van der Waals surface area contributed by atoms with Crippen LogP contribution >= 0.6 is 0 Å². The number of hydrogen-bond acceptors (Lipinski definition) is 4. The van der Waals surface area contributed by atoms with E-state index in [0.717, 1.165) is 49.0 Å². The summed E-state index contributed by atoms with van der Waals surface area (Å²) < 4.78 is 8.19. The number of hydrogen-bond donors (Lipinski definition) is 1. The van der Waals surface area contributed by atoms with Crippen LogP contribution in [-0.2, 0) is 19.5 Å². The molecule has 4 rings (SSSR count). The summed E-state index contributed by atoms with van der Waals surface area (Å²) in [5.74, 6) is 4.31. The monoisotopic (exact) mass is 324 g/mol. The van der Waals surface area contributed by atoms with Gasteiger partial charge < -0.3 is 14.3 Å². The number of para-hydroxylation sites is 1. The van der Waals surface area contributed by atoms with E-state index in [1.165, 1.54) is 11.8 Å². The Hall–Kier alpha value is -2.14. The van der Waals surface area contributed by atoms with Crippen molar-refractivity contribution in [2.45, 2.75) is 45.7 Å². The summed E-state index contributed by atoms with van der Waals surface area (Å²) in [5.41, 5.74) is 0.961. The third-order valence-corrected chi connectivity index (χ3v) is 4.80. The first-order valence-corrected chi connectivity index (χ1v) is 8.81. The van der Waals surface area contributed by atoms with Gasteiger partial charge in [0.2, 0.25) is 0 Å². The predicted octanol–water partition coefficient (Wildman–Crippen LogP) is 3.50. The van der Waals surface area contributed by atoms with Crippen molar-refractivity contribution in [2.24, 2.45) is 5.92 Å². The van der Waals surface area contributed by atoms with E-state index in [1.807, 2.05) is 18.2 Å². The fourth-order valence-electron chi connectivity index (χ4n) is 3.53. The molecule has 1 aromatic carbocycles. The largest absolute Gasteiger partial charge is 0.460 e. The first kappa shape index (κ1) is 15.4. The first-order valence-electron chi connectivity index (χ1n) is 8.81. The van der Waals surface area contributed by atoms with Crippen LogP contribution in [0.15, 0.2) is 34.7 Å². The van der Waals surface area contributed by atoms with Crippen LogP contribution in [0.5, 0.6) is 0 Å². The van der Waals surface area contributed by atoms with Crippen molar-refractivity contribution >= 4 is 11.0 Å². The van der Waals surface area contributed by atoms with Crippen LogP contribution in [0.1, 0.15) is 43.6 Å². The molecule has 3 aromatic rings. The molecular formula is C19H24N4O. The van der Waals surface area contributed by atoms with Gasteiger partial charge in [-0.05, 0) is 24.5 Å². The Bertz CT molecular complexity index is 800. The SMILES string of the molecule is CC(C)c1nnc2n1C[C@H](CNCc1cc3ccccc3o1)CC2. The molecule has 0 bridgehead atoms. The van der Waals surface area contributed by atoms with Crippen molar-refractivity contribution in [3.8, 4) is 0 Å². The molecule has 0 fully saturated rings. The van der Waals surface area contributed by atoms with Crippen LogP contribution < -0.4 is 5.32 Å². The van der Waals surface area contributed by atoms with Gasteiger partial charge in [0.05, 0.1) is 6.54 Å². The second kappa shape index (κ2) is 6.40. The topological polar surface area (TPSA) is 55.9 Å². The molecule has 1 N–H and O–H groups in total.